The lowest BCUT2D eigenvalue weighted by atomic mass is 10.1. The summed E-state index contributed by atoms with van der Waals surface area (Å²) >= 11 is 0. The molecule has 0 aromatic heterocycles. The summed E-state index contributed by atoms with van der Waals surface area (Å²) in [6, 6.07) is 8.59. The number of esters is 1. The van der Waals surface area contributed by atoms with Gasteiger partial charge in [0, 0.05) is 5.56 Å². The fourth-order valence-electron chi connectivity index (χ4n) is 3.05. The predicted octanol–water partition coefficient (Wildman–Crippen LogP) is 3.96. The van der Waals surface area contributed by atoms with Crippen molar-refractivity contribution in [3.8, 4) is 23.0 Å². The van der Waals surface area contributed by atoms with E-state index in [1.165, 1.54) is 0 Å². The number of hydrogen-bond acceptors (Lipinski definition) is 7. The smallest absolute Gasteiger partial charge is 0.344 e. The first-order valence-corrected chi connectivity index (χ1v) is 9.46. The number of ketones is 1. The average Bonchev–Trinajstić information content (AvgIpc) is 3.03. The van der Waals surface area contributed by atoms with Crippen molar-refractivity contribution in [3.05, 3.63) is 52.8 Å². The monoisotopic (exact) mass is 412 g/mol. The third-order valence-electron chi connectivity index (χ3n) is 4.45. The standard InChI is InChI=1S/C23H24O7/c1-13(2)29-21(24)12-28-17-9-7-16-22(25)20(30-23(16)14(17)3)11-15-6-8-18(26-4)19(10-15)27-5/h6-11,13H,12H2,1-5H3/b20-11-. The third-order valence-corrected chi connectivity index (χ3v) is 4.45. The van der Waals surface area contributed by atoms with Crippen LogP contribution in [0.25, 0.3) is 6.08 Å². The zero-order chi connectivity index (χ0) is 21.8. The van der Waals surface area contributed by atoms with Gasteiger partial charge in [0.05, 0.1) is 25.9 Å². The summed E-state index contributed by atoms with van der Waals surface area (Å²) in [6.07, 6.45) is 1.43. The van der Waals surface area contributed by atoms with E-state index >= 15 is 0 Å². The van der Waals surface area contributed by atoms with Gasteiger partial charge in [-0.25, -0.2) is 4.79 Å². The van der Waals surface area contributed by atoms with Gasteiger partial charge in [-0.1, -0.05) is 6.07 Å². The number of carbonyl (C=O) groups excluding carboxylic acids is 2. The van der Waals surface area contributed by atoms with Gasteiger partial charge in [0.1, 0.15) is 11.5 Å². The van der Waals surface area contributed by atoms with Crippen LogP contribution in [0, 0.1) is 6.92 Å². The largest absolute Gasteiger partial charge is 0.493 e. The van der Waals surface area contributed by atoms with Crippen molar-refractivity contribution in [2.45, 2.75) is 26.9 Å². The molecular weight excluding hydrogens is 388 g/mol. The van der Waals surface area contributed by atoms with Gasteiger partial charge in [0.2, 0.25) is 5.78 Å². The maximum atomic E-state index is 12.8. The molecular formula is C23H24O7. The van der Waals surface area contributed by atoms with E-state index in [1.807, 2.05) is 0 Å². The fourth-order valence-corrected chi connectivity index (χ4v) is 3.05. The number of carbonyl (C=O) groups is 2. The van der Waals surface area contributed by atoms with Gasteiger partial charge in [-0.2, -0.15) is 0 Å². The van der Waals surface area contributed by atoms with E-state index in [4.69, 9.17) is 23.7 Å². The Morgan fingerprint density at radius 1 is 1.07 bits per heavy atom. The molecule has 2 aromatic rings. The molecule has 0 N–H and O–H groups in total. The van der Waals surface area contributed by atoms with Crippen LogP contribution in [0.3, 0.4) is 0 Å². The minimum Gasteiger partial charge on any atom is -0.493 e. The lowest BCUT2D eigenvalue weighted by Crippen LogP contribution is -2.19. The van der Waals surface area contributed by atoms with Crippen LogP contribution in [-0.4, -0.2) is 38.7 Å². The maximum absolute atomic E-state index is 12.8. The van der Waals surface area contributed by atoms with Gasteiger partial charge in [-0.3, -0.25) is 4.79 Å². The van der Waals surface area contributed by atoms with Gasteiger partial charge in [0.15, 0.2) is 23.9 Å². The van der Waals surface area contributed by atoms with Crippen molar-refractivity contribution in [1.29, 1.82) is 0 Å². The van der Waals surface area contributed by atoms with Crippen molar-refractivity contribution in [1.82, 2.24) is 0 Å². The molecule has 0 radical (unpaired) electrons. The molecule has 1 heterocycles. The first-order valence-electron chi connectivity index (χ1n) is 9.46. The van der Waals surface area contributed by atoms with Crippen LogP contribution < -0.4 is 18.9 Å². The number of rotatable bonds is 7. The van der Waals surface area contributed by atoms with Crippen LogP contribution in [-0.2, 0) is 9.53 Å². The molecule has 0 bridgehead atoms. The van der Waals surface area contributed by atoms with E-state index in [1.54, 1.807) is 71.4 Å². The molecule has 158 valence electrons. The molecule has 2 aromatic carbocycles. The molecule has 30 heavy (non-hydrogen) atoms. The number of methoxy groups -OCH3 is 2. The normalized spacial score (nSPS) is 13.8. The first-order chi connectivity index (χ1) is 14.3. The van der Waals surface area contributed by atoms with Gasteiger partial charge in [-0.15, -0.1) is 0 Å². The molecule has 7 heteroatoms. The summed E-state index contributed by atoms with van der Waals surface area (Å²) in [5.74, 6) is 1.52. The van der Waals surface area contributed by atoms with Crippen LogP contribution >= 0.6 is 0 Å². The van der Waals surface area contributed by atoms with E-state index < -0.39 is 5.97 Å². The summed E-state index contributed by atoms with van der Waals surface area (Å²) in [7, 11) is 3.10. The minimum absolute atomic E-state index is 0.191. The molecule has 0 unspecified atom stereocenters. The molecule has 0 amide bonds. The second-order valence-electron chi connectivity index (χ2n) is 6.95. The van der Waals surface area contributed by atoms with E-state index in [2.05, 4.69) is 0 Å². The topological polar surface area (TPSA) is 80.3 Å². The van der Waals surface area contributed by atoms with Crippen molar-refractivity contribution in [2.75, 3.05) is 20.8 Å². The predicted molar refractivity (Wildman–Crippen MR) is 110 cm³/mol. The zero-order valence-corrected chi connectivity index (χ0v) is 17.6. The number of benzene rings is 2. The fraction of sp³-hybridized carbons (Fsp3) is 0.304. The Morgan fingerprint density at radius 3 is 2.43 bits per heavy atom. The summed E-state index contributed by atoms with van der Waals surface area (Å²) in [5.41, 5.74) is 1.81. The molecule has 0 saturated carbocycles. The van der Waals surface area contributed by atoms with Crippen LogP contribution in [0.5, 0.6) is 23.0 Å². The molecule has 1 aliphatic heterocycles. The second kappa shape index (κ2) is 8.90. The van der Waals surface area contributed by atoms with E-state index in [9.17, 15) is 9.59 Å². The highest BCUT2D eigenvalue weighted by molar-refractivity contribution is 6.15. The number of ether oxygens (including phenoxy) is 5. The van der Waals surface area contributed by atoms with E-state index in [-0.39, 0.29) is 24.3 Å². The van der Waals surface area contributed by atoms with Crippen molar-refractivity contribution < 1.29 is 33.3 Å². The van der Waals surface area contributed by atoms with E-state index in [0.29, 0.717) is 34.1 Å². The van der Waals surface area contributed by atoms with Crippen LogP contribution in [0.1, 0.15) is 35.3 Å². The van der Waals surface area contributed by atoms with Crippen LogP contribution in [0.4, 0.5) is 0 Å². The van der Waals surface area contributed by atoms with Crippen LogP contribution in [0.15, 0.2) is 36.1 Å². The molecule has 7 nitrogen and oxygen atoms in total. The Kier molecular flexibility index (Phi) is 6.30. The van der Waals surface area contributed by atoms with Crippen LogP contribution in [0.2, 0.25) is 0 Å². The number of hydrogen-bond donors (Lipinski definition) is 0. The summed E-state index contributed by atoms with van der Waals surface area (Å²) < 4.78 is 27.0. The van der Waals surface area contributed by atoms with Gasteiger partial charge in [0.25, 0.3) is 0 Å². The van der Waals surface area contributed by atoms with E-state index in [0.717, 1.165) is 5.56 Å². The third kappa shape index (κ3) is 4.40. The second-order valence-corrected chi connectivity index (χ2v) is 6.95. The van der Waals surface area contributed by atoms with Gasteiger partial charge >= 0.3 is 5.97 Å². The number of Topliss-reactive ketones (excluding diaryl/α,β-unsaturated/α-hetero) is 1. The SMILES string of the molecule is COc1ccc(/C=C2\Oc3c(ccc(OCC(=O)OC(C)C)c3C)C2=O)cc1OC. The molecule has 3 rings (SSSR count). The highest BCUT2D eigenvalue weighted by Crippen LogP contribution is 2.39. The maximum Gasteiger partial charge on any atom is 0.344 e. The Hall–Kier alpha value is -3.48. The highest BCUT2D eigenvalue weighted by atomic mass is 16.6. The Balaban J connectivity index is 1.81. The van der Waals surface area contributed by atoms with Crippen molar-refractivity contribution in [2.24, 2.45) is 0 Å². The summed E-state index contributed by atoms with van der Waals surface area (Å²) in [5, 5.41) is 0. The quantitative estimate of drug-likeness (QED) is 0.503. The molecule has 0 aliphatic carbocycles. The molecule has 0 spiro atoms. The van der Waals surface area contributed by atoms with Crippen molar-refractivity contribution in [3.63, 3.8) is 0 Å². The first kappa shape index (κ1) is 21.2. The Labute approximate surface area is 175 Å². The Bertz CT molecular complexity index is 1000. The zero-order valence-electron chi connectivity index (χ0n) is 17.6. The minimum atomic E-state index is -0.462. The molecule has 0 saturated heterocycles. The lowest BCUT2D eigenvalue weighted by Gasteiger charge is -2.12. The molecule has 0 fully saturated rings. The number of fused-ring (bicyclic) bond motifs is 1. The number of allylic oxidation sites excluding steroid dienone is 1. The summed E-state index contributed by atoms with van der Waals surface area (Å²) in [6.45, 7) is 5.09. The lowest BCUT2D eigenvalue weighted by molar-refractivity contribution is -0.149. The Morgan fingerprint density at radius 2 is 1.77 bits per heavy atom. The van der Waals surface area contributed by atoms with Gasteiger partial charge in [-0.05, 0) is 56.7 Å². The molecule has 1 aliphatic rings. The summed E-state index contributed by atoms with van der Waals surface area (Å²) in [4.78, 5) is 24.5. The van der Waals surface area contributed by atoms with Crippen molar-refractivity contribution >= 4 is 17.8 Å². The highest BCUT2D eigenvalue weighted by Gasteiger charge is 2.30. The molecule has 0 atom stereocenters. The van der Waals surface area contributed by atoms with Gasteiger partial charge < -0.3 is 23.7 Å². The average molecular weight is 412 g/mol.